The quantitative estimate of drug-likeness (QED) is 0.190. The maximum absolute atomic E-state index is 12.6. The van der Waals surface area contributed by atoms with Gasteiger partial charge in [0, 0.05) is 39.7 Å². The van der Waals surface area contributed by atoms with Crippen LogP contribution in [-0.4, -0.2) is 45.8 Å². The van der Waals surface area contributed by atoms with Crippen molar-refractivity contribution in [2.45, 2.75) is 39.4 Å². The number of fused-ring (bicyclic) bond motifs is 1. The van der Waals surface area contributed by atoms with Gasteiger partial charge in [-0.25, -0.2) is 14.8 Å². The van der Waals surface area contributed by atoms with Gasteiger partial charge in [0.05, 0.1) is 35.7 Å². The molecule has 0 aliphatic rings. The summed E-state index contributed by atoms with van der Waals surface area (Å²) in [5.74, 6) is -0.169. The second-order valence-corrected chi connectivity index (χ2v) is 12.1. The van der Waals surface area contributed by atoms with Gasteiger partial charge in [0.1, 0.15) is 5.01 Å². The number of thiazole rings is 1. The largest absolute Gasteiger partial charge is 0.491 e. The van der Waals surface area contributed by atoms with Gasteiger partial charge in [-0.1, -0.05) is 23.7 Å². The molecule has 2 aromatic carbocycles. The Balaban J connectivity index is 1.70. The average molecular weight is 604 g/mol. The van der Waals surface area contributed by atoms with Crippen molar-refractivity contribution >= 4 is 39.1 Å². The fourth-order valence-electron chi connectivity index (χ4n) is 4.76. The van der Waals surface area contributed by atoms with E-state index in [2.05, 4.69) is 9.97 Å². The highest BCUT2D eigenvalue weighted by molar-refractivity contribution is 7.22. The zero-order chi connectivity index (χ0) is 30.2. The minimum absolute atomic E-state index is 0.389. The number of carboxylic acids is 1. The van der Waals surface area contributed by atoms with Gasteiger partial charge >= 0.3 is 5.97 Å². The van der Waals surface area contributed by atoms with Gasteiger partial charge in [0.25, 0.3) is 5.88 Å². The number of halogens is 1. The molecule has 3 heterocycles. The second-order valence-electron chi connectivity index (χ2n) is 10.7. The van der Waals surface area contributed by atoms with Crippen molar-refractivity contribution in [1.82, 2.24) is 15.0 Å². The monoisotopic (exact) mass is 603 g/mol. The lowest BCUT2D eigenvalue weighted by Crippen LogP contribution is -2.28. The fourth-order valence-corrected chi connectivity index (χ4v) is 6.00. The summed E-state index contributed by atoms with van der Waals surface area (Å²) in [6, 6.07) is 15.0. The summed E-state index contributed by atoms with van der Waals surface area (Å²) in [5, 5.41) is 11.7. The number of hydrogen-bond acceptors (Lipinski definition) is 8. The predicted octanol–water partition coefficient (Wildman–Crippen LogP) is 8.01. The van der Waals surface area contributed by atoms with Crippen molar-refractivity contribution in [3.05, 3.63) is 77.1 Å². The van der Waals surface area contributed by atoms with Crippen LogP contribution >= 0.6 is 22.9 Å². The van der Waals surface area contributed by atoms with Crippen LogP contribution in [-0.2, 0) is 9.53 Å². The molecular weight excluding hydrogens is 574 g/mol. The predicted molar refractivity (Wildman–Crippen MR) is 166 cm³/mol. The maximum atomic E-state index is 12.6. The van der Waals surface area contributed by atoms with E-state index in [1.807, 2.05) is 64.1 Å². The first-order valence-corrected chi connectivity index (χ1v) is 14.3. The highest BCUT2D eigenvalue weighted by Gasteiger charge is 2.32. The number of aromatic nitrogens is 3. The lowest BCUT2D eigenvalue weighted by atomic mass is 9.91. The lowest BCUT2D eigenvalue weighted by Gasteiger charge is -2.28. The summed E-state index contributed by atoms with van der Waals surface area (Å²) in [5.41, 5.74) is 5.34. The van der Waals surface area contributed by atoms with Crippen LogP contribution in [0.4, 0.5) is 0 Å². The number of carboxylic acid groups (broad SMARTS) is 1. The van der Waals surface area contributed by atoms with Crippen LogP contribution in [0.5, 0.6) is 11.6 Å². The number of ether oxygens (including phenoxy) is 3. The van der Waals surface area contributed by atoms with Crippen LogP contribution in [0.15, 0.2) is 60.9 Å². The molecule has 1 N–H and O–H groups in total. The Morgan fingerprint density at radius 3 is 2.36 bits per heavy atom. The Morgan fingerprint density at radius 2 is 1.71 bits per heavy atom. The number of hydrogen-bond donors (Lipinski definition) is 1. The number of aliphatic carboxylic acids is 1. The molecule has 5 aromatic rings. The van der Waals surface area contributed by atoms with E-state index in [0.717, 1.165) is 43.0 Å². The summed E-state index contributed by atoms with van der Waals surface area (Å²) in [6.07, 6.45) is 2.22. The van der Waals surface area contributed by atoms with Crippen molar-refractivity contribution in [1.29, 1.82) is 0 Å². The molecule has 1 unspecified atom stereocenters. The summed E-state index contributed by atoms with van der Waals surface area (Å²) in [7, 11) is 3.10. The summed E-state index contributed by atoms with van der Waals surface area (Å²) in [6.45, 7) is 7.43. The smallest absolute Gasteiger partial charge is 0.337 e. The molecule has 0 saturated heterocycles. The molecular formula is C32H30ClN3O5S. The molecule has 0 radical (unpaired) electrons. The zero-order valence-electron chi connectivity index (χ0n) is 24.1. The van der Waals surface area contributed by atoms with E-state index in [4.69, 9.17) is 30.8 Å². The normalized spacial score (nSPS) is 12.4. The van der Waals surface area contributed by atoms with Gasteiger partial charge < -0.3 is 19.3 Å². The molecule has 3 aromatic heterocycles. The first-order valence-electron chi connectivity index (χ1n) is 13.1. The minimum Gasteiger partial charge on any atom is -0.491 e. The van der Waals surface area contributed by atoms with Crippen LogP contribution < -0.4 is 9.47 Å². The van der Waals surface area contributed by atoms with Gasteiger partial charge in [-0.05, 0) is 75.2 Å². The molecule has 1 atom stereocenters. The number of aryl methyl sites for hydroxylation is 1. The SMILES string of the molecule is COc1cc(-c2cc(-c3nc4cc(C)c(C(OC(C)(C)C)C(=O)O)c(-c5ccc(Cl)cc5)c4s3)ccn2)cnc1OC. The number of nitrogens with zero attached hydrogens (tertiary/aromatic N) is 3. The molecule has 0 fully saturated rings. The molecule has 0 aliphatic carbocycles. The Morgan fingerprint density at radius 1 is 0.976 bits per heavy atom. The fraction of sp³-hybridized carbons (Fsp3) is 0.250. The first-order chi connectivity index (χ1) is 20.0. The number of rotatable bonds is 8. The van der Waals surface area contributed by atoms with Crippen molar-refractivity contribution in [3.63, 3.8) is 0 Å². The van der Waals surface area contributed by atoms with Crippen molar-refractivity contribution in [3.8, 4) is 44.6 Å². The Bertz CT molecular complexity index is 1780. The topological polar surface area (TPSA) is 104 Å². The number of pyridine rings is 2. The van der Waals surface area contributed by atoms with Crippen molar-refractivity contribution in [2.75, 3.05) is 14.2 Å². The molecule has 0 spiro atoms. The number of benzene rings is 2. The maximum Gasteiger partial charge on any atom is 0.337 e. The molecule has 5 rings (SSSR count). The zero-order valence-corrected chi connectivity index (χ0v) is 25.6. The molecule has 10 heteroatoms. The van der Waals surface area contributed by atoms with Crippen LogP contribution in [0, 0.1) is 6.92 Å². The molecule has 216 valence electrons. The Hall–Kier alpha value is -4.05. The van der Waals surface area contributed by atoms with E-state index in [-0.39, 0.29) is 0 Å². The van der Waals surface area contributed by atoms with Crippen molar-refractivity contribution in [2.24, 2.45) is 0 Å². The molecule has 0 bridgehead atoms. The number of methoxy groups -OCH3 is 2. The van der Waals surface area contributed by atoms with E-state index >= 15 is 0 Å². The van der Waals surface area contributed by atoms with Crippen LogP contribution in [0.25, 0.3) is 43.2 Å². The van der Waals surface area contributed by atoms with Crippen molar-refractivity contribution < 1.29 is 24.1 Å². The van der Waals surface area contributed by atoms with Gasteiger partial charge in [-0.2, -0.15) is 0 Å². The van der Waals surface area contributed by atoms with E-state index in [1.54, 1.807) is 31.6 Å². The van der Waals surface area contributed by atoms with Gasteiger partial charge in [-0.3, -0.25) is 4.98 Å². The third-order valence-corrected chi connectivity index (χ3v) is 7.94. The second kappa shape index (κ2) is 11.7. The Labute approximate surface area is 252 Å². The highest BCUT2D eigenvalue weighted by atomic mass is 35.5. The average Bonchev–Trinajstić information content (AvgIpc) is 3.38. The molecule has 0 aliphatic heterocycles. The van der Waals surface area contributed by atoms with E-state index in [1.165, 1.54) is 18.4 Å². The van der Waals surface area contributed by atoms with E-state index < -0.39 is 17.7 Å². The Kier molecular flexibility index (Phi) is 8.19. The van der Waals surface area contributed by atoms with Gasteiger partial charge in [-0.15, -0.1) is 11.3 Å². The minimum atomic E-state index is -1.18. The van der Waals surface area contributed by atoms with Gasteiger partial charge in [0.15, 0.2) is 11.9 Å². The van der Waals surface area contributed by atoms with E-state index in [9.17, 15) is 9.90 Å². The summed E-state index contributed by atoms with van der Waals surface area (Å²) < 4.78 is 17.7. The lowest BCUT2D eigenvalue weighted by molar-refractivity contribution is -0.160. The van der Waals surface area contributed by atoms with Crippen LogP contribution in [0.1, 0.15) is 38.0 Å². The van der Waals surface area contributed by atoms with E-state index in [0.29, 0.717) is 27.9 Å². The van der Waals surface area contributed by atoms with Crippen LogP contribution in [0.2, 0.25) is 5.02 Å². The molecule has 0 amide bonds. The first kappa shape index (κ1) is 29.4. The van der Waals surface area contributed by atoms with Crippen LogP contribution in [0.3, 0.4) is 0 Å². The summed E-state index contributed by atoms with van der Waals surface area (Å²) >= 11 is 7.70. The third-order valence-electron chi connectivity index (χ3n) is 6.55. The molecule has 0 saturated carbocycles. The highest BCUT2D eigenvalue weighted by Crippen LogP contribution is 2.44. The standard InChI is InChI=1S/C32H30ClN3O5S/c1-17-13-23-28(26(18-7-9-21(33)10-8-18)25(17)27(31(37)38)41-32(2,3)4)42-30(36-23)19-11-12-34-22(14-19)20-15-24(39-5)29(40-6)35-16-20/h7-16,27H,1-6H3,(H,37,38). The molecule has 8 nitrogen and oxygen atoms in total. The number of carbonyl (C=O) groups is 1. The summed E-state index contributed by atoms with van der Waals surface area (Å²) in [4.78, 5) is 26.5. The van der Waals surface area contributed by atoms with Gasteiger partial charge in [0.2, 0.25) is 0 Å². The third kappa shape index (κ3) is 5.94. The molecule has 42 heavy (non-hydrogen) atoms.